The van der Waals surface area contributed by atoms with E-state index in [1.165, 1.54) is 0 Å². The molecule has 0 aliphatic rings. The van der Waals surface area contributed by atoms with Crippen molar-refractivity contribution >= 4 is 35.8 Å². The average molecular weight is 657 g/mol. The number of rotatable bonds is 10. The molecule has 4 atom stereocenters. The summed E-state index contributed by atoms with van der Waals surface area (Å²) in [5.41, 5.74) is 0. The zero-order chi connectivity index (χ0) is 26.6. The molecule has 0 aromatic heterocycles. The Morgan fingerprint density at radius 3 is 0.632 bits per heavy atom. The van der Waals surface area contributed by atoms with Crippen molar-refractivity contribution in [3.63, 3.8) is 0 Å². The minimum atomic E-state index is -2.44. The summed E-state index contributed by atoms with van der Waals surface area (Å²) in [6, 6.07) is 0. The second-order valence-corrected chi connectivity index (χ2v) is 5.30. The van der Waals surface area contributed by atoms with Gasteiger partial charge in [0.15, 0.2) is 0 Å². The van der Waals surface area contributed by atoms with Gasteiger partial charge in [-0.3, -0.25) is 0 Å². The molecule has 0 saturated heterocycles. The second-order valence-electron chi connectivity index (χ2n) is 5.30. The Balaban J connectivity index is -0.0000000334. The van der Waals surface area contributed by atoms with Gasteiger partial charge in [-0.25, -0.2) is 0 Å². The van der Waals surface area contributed by atoms with Gasteiger partial charge in [-0.05, 0) is 12.8 Å². The van der Waals surface area contributed by atoms with E-state index in [0.717, 1.165) is 0 Å². The van der Waals surface area contributed by atoms with Gasteiger partial charge in [0.2, 0.25) is 0 Å². The second kappa shape index (κ2) is 46.0. The molecular formula is C16H22K3Na3O16. The first-order valence-electron chi connectivity index (χ1n) is 8.42. The zero-order valence-electron chi connectivity index (χ0n) is 22.8. The number of hydrogen-bond donors (Lipinski definition) is 4. The first-order chi connectivity index (χ1) is 14.5. The van der Waals surface area contributed by atoms with Crippen molar-refractivity contribution in [2.45, 2.75) is 63.9 Å². The summed E-state index contributed by atoms with van der Waals surface area (Å²) < 4.78 is 0. The summed E-state index contributed by atoms with van der Waals surface area (Å²) in [7, 11) is 0. The molecule has 0 amide bonds. The Hall–Kier alpha value is 4.57. The summed E-state index contributed by atoms with van der Waals surface area (Å²) in [5.74, 6) is -10.2. The molecule has 4 N–H and O–H groups in total. The molecule has 22 heteroatoms. The number of carboxylic acids is 6. The van der Waals surface area contributed by atoms with E-state index < -0.39 is 60.2 Å². The summed E-state index contributed by atoms with van der Waals surface area (Å²) in [6.07, 6.45) is -8.06. The van der Waals surface area contributed by atoms with Gasteiger partial charge < -0.3 is 79.8 Å². The Morgan fingerprint density at radius 2 is 0.605 bits per heavy atom. The molecule has 0 spiro atoms. The van der Waals surface area contributed by atoms with Crippen molar-refractivity contribution in [2.24, 2.45) is 0 Å². The summed E-state index contributed by atoms with van der Waals surface area (Å²) in [6.45, 7) is 3.60. The van der Waals surface area contributed by atoms with Gasteiger partial charge >= 0.3 is 243 Å². The van der Waals surface area contributed by atoms with E-state index in [-0.39, 0.29) is 256 Å². The van der Waals surface area contributed by atoms with Crippen LogP contribution in [0.5, 0.6) is 0 Å². The van der Waals surface area contributed by atoms with E-state index in [9.17, 15) is 59.4 Å². The number of aliphatic hydroxyl groups is 4. The van der Waals surface area contributed by atoms with Crippen LogP contribution in [0.3, 0.4) is 0 Å². The van der Waals surface area contributed by atoms with E-state index in [1.54, 1.807) is 13.8 Å². The SMILES string of the molecule is CCCC(=O)[O-].CCCC(=O)[O-].O=C([O-])C(O)C(O)C(=O)[O-].O=C([O-])C(O)C(O)C(=O)[O-].[K+].[K+].[K+].[Na+].[Na+].[Na+]. The topological polar surface area (TPSA) is 322 Å². The van der Waals surface area contributed by atoms with Crippen molar-refractivity contribution in [3.05, 3.63) is 0 Å². The molecule has 38 heavy (non-hydrogen) atoms. The van der Waals surface area contributed by atoms with Crippen molar-refractivity contribution in [1.29, 1.82) is 0 Å². The molecule has 0 rings (SSSR count). The van der Waals surface area contributed by atoms with Crippen LogP contribution in [0.4, 0.5) is 0 Å². The van der Waals surface area contributed by atoms with Gasteiger partial charge in [-0.2, -0.15) is 0 Å². The quantitative estimate of drug-likeness (QED) is 0.159. The van der Waals surface area contributed by atoms with Crippen LogP contribution in [0, 0.1) is 0 Å². The zero-order valence-corrected chi connectivity index (χ0v) is 38.2. The van der Waals surface area contributed by atoms with Gasteiger partial charge in [0.25, 0.3) is 0 Å². The number of aliphatic hydroxyl groups excluding tert-OH is 4. The molecule has 0 aromatic rings. The Morgan fingerprint density at radius 1 is 0.474 bits per heavy atom. The number of aliphatic carboxylic acids is 6. The molecule has 0 bridgehead atoms. The van der Waals surface area contributed by atoms with Crippen LogP contribution in [0.25, 0.3) is 0 Å². The summed E-state index contributed by atoms with van der Waals surface area (Å²) in [5, 5.41) is 90.4. The largest absolute Gasteiger partial charge is 1.00 e. The van der Waals surface area contributed by atoms with Gasteiger partial charge in [0.05, 0.1) is 23.9 Å². The minimum Gasteiger partial charge on any atom is -0.550 e. The van der Waals surface area contributed by atoms with Gasteiger partial charge in [0, 0.05) is 11.9 Å². The smallest absolute Gasteiger partial charge is 0.550 e. The van der Waals surface area contributed by atoms with Crippen LogP contribution in [-0.4, -0.2) is 80.7 Å². The normalized spacial score (nSPS) is 10.9. The molecule has 0 fully saturated rings. The van der Waals surface area contributed by atoms with E-state index in [1.807, 2.05) is 0 Å². The van der Waals surface area contributed by atoms with Crippen molar-refractivity contribution in [1.82, 2.24) is 0 Å². The summed E-state index contributed by atoms with van der Waals surface area (Å²) >= 11 is 0. The maximum atomic E-state index is 9.63. The molecule has 16 nitrogen and oxygen atoms in total. The maximum absolute atomic E-state index is 9.63. The Kier molecular flexibility index (Phi) is 83.9. The van der Waals surface area contributed by atoms with Crippen LogP contribution in [0.2, 0.25) is 0 Å². The third-order valence-electron chi connectivity index (χ3n) is 2.47. The molecule has 0 heterocycles. The monoisotopic (exact) mass is 656 g/mol. The predicted molar refractivity (Wildman–Crippen MR) is 83.9 cm³/mol. The van der Waals surface area contributed by atoms with E-state index in [4.69, 9.17) is 20.4 Å². The van der Waals surface area contributed by atoms with Gasteiger partial charge in [0.1, 0.15) is 24.4 Å². The standard InChI is InChI=1S/2C4H6O6.2C4H8O2.3K.3Na/c2*5-1(3(7)8)2(6)4(9)10;2*1-2-3-4(5)6;;;;;;/h2*1-2,5-6H,(H,7,8)(H,9,10);2*2-3H2,1H3,(H,5,6);;;;;;/q;;;;6*+1/p-6. The fourth-order valence-electron chi connectivity index (χ4n) is 0.924. The molecule has 0 aromatic carbocycles. The Labute approximate surface area is 412 Å². The first-order valence-corrected chi connectivity index (χ1v) is 8.42. The number of carbonyl (C=O) groups is 6. The van der Waals surface area contributed by atoms with Crippen LogP contribution in [0.1, 0.15) is 39.5 Å². The van der Waals surface area contributed by atoms with E-state index in [2.05, 4.69) is 0 Å². The number of carboxylic acid groups (broad SMARTS) is 6. The number of hydrogen-bond acceptors (Lipinski definition) is 16. The van der Waals surface area contributed by atoms with E-state index >= 15 is 0 Å². The summed E-state index contributed by atoms with van der Waals surface area (Å²) in [4.78, 5) is 57.5. The number of carbonyl (C=O) groups excluding carboxylic acids is 6. The fraction of sp³-hybridized carbons (Fsp3) is 0.625. The fourth-order valence-corrected chi connectivity index (χ4v) is 0.924. The third-order valence-corrected chi connectivity index (χ3v) is 2.47. The first kappa shape index (κ1) is 69.3. The van der Waals surface area contributed by atoms with Crippen molar-refractivity contribution in [2.75, 3.05) is 0 Å². The van der Waals surface area contributed by atoms with Crippen molar-refractivity contribution in [3.8, 4) is 0 Å². The van der Waals surface area contributed by atoms with Crippen LogP contribution in [0.15, 0.2) is 0 Å². The molecule has 0 aliphatic carbocycles. The third kappa shape index (κ3) is 53.2. The van der Waals surface area contributed by atoms with Gasteiger partial charge in [-0.15, -0.1) is 0 Å². The molecule has 188 valence electrons. The molecule has 0 radical (unpaired) electrons. The van der Waals surface area contributed by atoms with E-state index in [0.29, 0.717) is 12.8 Å². The minimum absolute atomic E-state index is 0. The van der Waals surface area contributed by atoms with Crippen LogP contribution < -0.4 is 273 Å². The maximum Gasteiger partial charge on any atom is 1.00 e. The molecule has 4 unspecified atom stereocenters. The van der Waals surface area contributed by atoms with Crippen LogP contribution in [-0.2, 0) is 28.8 Å². The molecule has 0 saturated carbocycles. The van der Waals surface area contributed by atoms with Gasteiger partial charge in [-0.1, -0.05) is 26.7 Å². The van der Waals surface area contributed by atoms with Crippen molar-refractivity contribution < 1.29 is 323 Å². The predicted octanol–water partition coefficient (Wildman–Crippen LogP) is -28.5. The molecular weight excluding hydrogens is 634 g/mol. The Bertz CT molecular complexity index is 543. The van der Waals surface area contributed by atoms with Crippen LogP contribution >= 0.6 is 0 Å². The molecule has 0 aliphatic heterocycles. The average Bonchev–Trinajstić information content (AvgIpc) is 2.66.